The van der Waals surface area contributed by atoms with Gasteiger partial charge < -0.3 is 10.0 Å². The van der Waals surface area contributed by atoms with E-state index in [1.54, 1.807) is 11.3 Å². The molecule has 3 atom stereocenters. The number of amides is 1. The molecule has 0 bridgehead atoms. The predicted molar refractivity (Wildman–Crippen MR) is 62.4 cm³/mol. The molecule has 0 unspecified atom stereocenters. The average Bonchev–Trinajstić information content (AvgIpc) is 2.72. The topological polar surface area (TPSA) is 40.5 Å². The van der Waals surface area contributed by atoms with E-state index in [0.29, 0.717) is 12.5 Å². The monoisotopic (exact) mass is 237 g/mol. The van der Waals surface area contributed by atoms with Crippen molar-refractivity contribution in [3.63, 3.8) is 0 Å². The van der Waals surface area contributed by atoms with Gasteiger partial charge in [0.05, 0.1) is 6.10 Å². The highest BCUT2D eigenvalue weighted by atomic mass is 32.1. The summed E-state index contributed by atoms with van der Waals surface area (Å²) in [5.74, 6) is 0.865. The van der Waals surface area contributed by atoms with E-state index in [1.807, 2.05) is 4.90 Å². The quantitative estimate of drug-likeness (QED) is 0.845. The van der Waals surface area contributed by atoms with Crippen molar-refractivity contribution in [1.82, 2.24) is 4.90 Å². The van der Waals surface area contributed by atoms with Crippen LogP contribution in [0.25, 0.3) is 0 Å². The molecule has 3 rings (SSSR count). The van der Waals surface area contributed by atoms with Crippen LogP contribution in [0.15, 0.2) is 16.8 Å². The highest BCUT2D eigenvalue weighted by Gasteiger charge is 2.46. The zero-order chi connectivity index (χ0) is 11.1. The second-order valence-electron chi connectivity index (χ2n) is 4.73. The van der Waals surface area contributed by atoms with Crippen molar-refractivity contribution in [3.8, 4) is 0 Å². The van der Waals surface area contributed by atoms with Gasteiger partial charge in [0.2, 0.25) is 5.91 Å². The van der Waals surface area contributed by atoms with Crippen LogP contribution in [0.4, 0.5) is 0 Å². The molecule has 3 nitrogen and oxygen atoms in total. The second kappa shape index (κ2) is 3.86. The Hall–Kier alpha value is -0.870. The van der Waals surface area contributed by atoms with Crippen molar-refractivity contribution in [1.29, 1.82) is 0 Å². The summed E-state index contributed by atoms with van der Waals surface area (Å²) in [7, 11) is 0. The third-order valence-corrected chi connectivity index (χ3v) is 4.26. The van der Waals surface area contributed by atoms with Gasteiger partial charge in [0, 0.05) is 19.0 Å². The molecule has 86 valence electrons. The normalized spacial score (nSPS) is 33.1. The minimum absolute atomic E-state index is 0.180. The lowest BCUT2D eigenvalue weighted by atomic mass is 10.2. The highest BCUT2D eigenvalue weighted by molar-refractivity contribution is 7.08. The van der Waals surface area contributed by atoms with Gasteiger partial charge in [-0.15, -0.1) is 0 Å². The Labute approximate surface area is 98.7 Å². The molecular formula is C12H15NO2S. The van der Waals surface area contributed by atoms with Gasteiger partial charge >= 0.3 is 0 Å². The first kappa shape index (κ1) is 10.3. The van der Waals surface area contributed by atoms with Gasteiger partial charge in [-0.2, -0.15) is 11.3 Å². The van der Waals surface area contributed by atoms with Gasteiger partial charge in [0.1, 0.15) is 0 Å². The molecule has 1 aliphatic carbocycles. The molecule has 2 fully saturated rings. The van der Waals surface area contributed by atoms with Crippen molar-refractivity contribution in [2.75, 3.05) is 13.1 Å². The summed E-state index contributed by atoms with van der Waals surface area (Å²) in [6.07, 6.45) is 1.42. The Morgan fingerprint density at radius 1 is 1.56 bits per heavy atom. The van der Waals surface area contributed by atoms with Crippen molar-refractivity contribution >= 4 is 17.2 Å². The number of hydrogen-bond acceptors (Lipinski definition) is 3. The van der Waals surface area contributed by atoms with Gasteiger partial charge in [0.25, 0.3) is 0 Å². The first-order valence-electron chi connectivity index (χ1n) is 5.74. The summed E-state index contributed by atoms with van der Waals surface area (Å²) in [6, 6.07) is 2.11. The van der Waals surface area contributed by atoms with E-state index in [2.05, 4.69) is 16.8 Å². The van der Waals surface area contributed by atoms with Crippen LogP contribution in [0, 0.1) is 5.92 Å². The van der Waals surface area contributed by atoms with E-state index in [-0.39, 0.29) is 17.9 Å². The van der Waals surface area contributed by atoms with Crippen LogP contribution in [-0.2, 0) is 4.79 Å². The van der Waals surface area contributed by atoms with Crippen molar-refractivity contribution in [2.24, 2.45) is 5.92 Å². The van der Waals surface area contributed by atoms with E-state index in [4.69, 9.17) is 0 Å². The summed E-state index contributed by atoms with van der Waals surface area (Å²) in [6.45, 7) is 1.26. The smallest absolute Gasteiger partial charge is 0.226 e. The Morgan fingerprint density at radius 2 is 2.44 bits per heavy atom. The third-order valence-electron chi connectivity index (χ3n) is 3.55. The molecule has 1 amide bonds. The molecule has 1 saturated heterocycles. The molecule has 1 aromatic rings. The Bertz CT molecular complexity index is 390. The van der Waals surface area contributed by atoms with E-state index < -0.39 is 0 Å². The number of rotatable bonds is 2. The fraction of sp³-hybridized carbons (Fsp3) is 0.583. The first-order chi connectivity index (χ1) is 7.75. The van der Waals surface area contributed by atoms with E-state index in [0.717, 1.165) is 19.4 Å². The summed E-state index contributed by atoms with van der Waals surface area (Å²) < 4.78 is 0. The second-order valence-corrected chi connectivity index (χ2v) is 5.51. The van der Waals surface area contributed by atoms with E-state index >= 15 is 0 Å². The highest BCUT2D eigenvalue weighted by Crippen LogP contribution is 2.49. The first-order valence-corrected chi connectivity index (χ1v) is 6.69. The molecular weight excluding hydrogens is 222 g/mol. The molecule has 0 aromatic carbocycles. The van der Waals surface area contributed by atoms with Crippen LogP contribution in [0.2, 0.25) is 0 Å². The Morgan fingerprint density at radius 3 is 3.06 bits per heavy atom. The number of aliphatic hydroxyl groups excluding tert-OH is 1. The molecule has 0 radical (unpaired) electrons. The van der Waals surface area contributed by atoms with Crippen molar-refractivity contribution in [2.45, 2.75) is 24.9 Å². The van der Waals surface area contributed by atoms with Gasteiger partial charge in [-0.05, 0) is 41.1 Å². The average molecular weight is 237 g/mol. The number of aliphatic hydroxyl groups is 1. The standard InChI is InChI=1S/C12H15NO2S/c14-9-1-3-13(6-9)12(15)11-5-10(11)8-2-4-16-7-8/h2,4,7,9-11,14H,1,3,5-6H2/t9-,10+,11-/m1/s1. The van der Waals surface area contributed by atoms with Crippen molar-refractivity contribution in [3.05, 3.63) is 22.4 Å². The molecule has 1 aliphatic heterocycles. The molecule has 4 heteroatoms. The zero-order valence-corrected chi connectivity index (χ0v) is 9.82. The Kier molecular flexibility index (Phi) is 2.48. The molecule has 1 aromatic heterocycles. The van der Waals surface area contributed by atoms with Crippen molar-refractivity contribution < 1.29 is 9.90 Å². The lowest BCUT2D eigenvalue weighted by Gasteiger charge is -2.15. The van der Waals surface area contributed by atoms with Gasteiger partial charge in [0.15, 0.2) is 0 Å². The fourth-order valence-electron chi connectivity index (χ4n) is 2.50. The molecule has 1 saturated carbocycles. The van der Waals surface area contributed by atoms with Crippen LogP contribution in [0.3, 0.4) is 0 Å². The predicted octanol–water partition coefficient (Wildman–Crippen LogP) is 1.44. The number of thiophene rings is 1. The number of carbonyl (C=O) groups is 1. The minimum Gasteiger partial charge on any atom is -0.391 e. The molecule has 2 aliphatic rings. The lowest BCUT2D eigenvalue weighted by Crippen LogP contribution is -2.31. The number of β-amino-alcohol motifs (C(OH)–C–C–N with tert-alkyl or cyclic N) is 1. The fourth-order valence-corrected chi connectivity index (χ4v) is 3.22. The number of nitrogens with zero attached hydrogens (tertiary/aromatic N) is 1. The van der Waals surface area contributed by atoms with Crippen LogP contribution in [0.1, 0.15) is 24.3 Å². The van der Waals surface area contributed by atoms with Crippen LogP contribution < -0.4 is 0 Å². The maximum Gasteiger partial charge on any atom is 0.226 e. The molecule has 2 heterocycles. The molecule has 16 heavy (non-hydrogen) atoms. The number of hydrogen-bond donors (Lipinski definition) is 1. The van der Waals surface area contributed by atoms with Gasteiger partial charge in [-0.25, -0.2) is 0 Å². The summed E-state index contributed by atoms with van der Waals surface area (Å²) in [5, 5.41) is 13.6. The van der Waals surface area contributed by atoms with E-state index in [1.165, 1.54) is 5.56 Å². The minimum atomic E-state index is -0.303. The lowest BCUT2D eigenvalue weighted by molar-refractivity contribution is -0.131. The summed E-state index contributed by atoms with van der Waals surface area (Å²) in [4.78, 5) is 13.9. The number of likely N-dealkylation sites (tertiary alicyclic amines) is 1. The summed E-state index contributed by atoms with van der Waals surface area (Å²) in [5.41, 5.74) is 1.31. The molecule has 1 N–H and O–H groups in total. The van der Waals surface area contributed by atoms with Gasteiger partial charge in [-0.1, -0.05) is 0 Å². The third kappa shape index (κ3) is 1.76. The maximum atomic E-state index is 12.1. The summed E-state index contributed by atoms with van der Waals surface area (Å²) >= 11 is 1.69. The van der Waals surface area contributed by atoms with Gasteiger partial charge in [-0.3, -0.25) is 4.79 Å². The Balaban J connectivity index is 1.62. The van der Waals surface area contributed by atoms with Crippen LogP contribution >= 0.6 is 11.3 Å². The molecule has 0 spiro atoms. The van der Waals surface area contributed by atoms with Crippen LogP contribution in [0.5, 0.6) is 0 Å². The largest absolute Gasteiger partial charge is 0.391 e. The van der Waals surface area contributed by atoms with Crippen LogP contribution in [-0.4, -0.2) is 35.1 Å². The van der Waals surface area contributed by atoms with E-state index in [9.17, 15) is 9.90 Å². The number of carbonyl (C=O) groups excluding carboxylic acids is 1. The maximum absolute atomic E-state index is 12.1. The zero-order valence-electron chi connectivity index (χ0n) is 9.00. The SMILES string of the molecule is O=C([C@@H]1C[C@H]1c1ccsc1)N1CC[C@@H](O)C1.